The van der Waals surface area contributed by atoms with Gasteiger partial charge in [0, 0.05) is 7.05 Å². The summed E-state index contributed by atoms with van der Waals surface area (Å²) in [5.74, 6) is 0.526. The van der Waals surface area contributed by atoms with Gasteiger partial charge in [0.15, 0.2) is 5.75 Å². The first-order chi connectivity index (χ1) is 6.67. The molecule has 1 aromatic heterocycles. The van der Waals surface area contributed by atoms with E-state index in [4.69, 9.17) is 9.47 Å². The van der Waals surface area contributed by atoms with E-state index < -0.39 is 6.09 Å². The average Bonchev–Trinajstić information content (AvgIpc) is 2.20. The molecule has 0 unspecified atom stereocenters. The molecular weight excluding hydrogens is 252 g/mol. The third-order valence-corrected chi connectivity index (χ3v) is 1.83. The molecule has 0 atom stereocenters. The largest absolute Gasteiger partial charge is 0.478 e. The molecule has 14 heavy (non-hydrogen) atoms. The molecule has 0 aromatic carbocycles. The van der Waals surface area contributed by atoms with Gasteiger partial charge < -0.3 is 14.8 Å². The highest BCUT2D eigenvalue weighted by molar-refractivity contribution is 9.10. The molecule has 1 rings (SSSR count). The normalized spacial score (nSPS) is 9.36. The summed E-state index contributed by atoms with van der Waals surface area (Å²) in [6.45, 7) is 0. The van der Waals surface area contributed by atoms with Crippen molar-refractivity contribution in [2.75, 3.05) is 14.2 Å². The van der Waals surface area contributed by atoms with Crippen LogP contribution < -0.4 is 14.8 Å². The van der Waals surface area contributed by atoms with Gasteiger partial charge in [0.2, 0.25) is 0 Å². The molecule has 0 aliphatic heterocycles. The molecule has 0 saturated carbocycles. The SMILES string of the molecule is CNC(=O)Oc1ccc(Br)nc1OC. The minimum absolute atomic E-state index is 0.253. The first kappa shape index (κ1) is 10.8. The predicted octanol–water partition coefficient (Wildman–Crippen LogP) is 1.57. The zero-order valence-electron chi connectivity index (χ0n) is 7.70. The van der Waals surface area contributed by atoms with Gasteiger partial charge in [-0.05, 0) is 28.1 Å². The Labute approximate surface area is 89.6 Å². The van der Waals surface area contributed by atoms with Crippen molar-refractivity contribution in [2.45, 2.75) is 0 Å². The number of halogens is 1. The summed E-state index contributed by atoms with van der Waals surface area (Å²) < 4.78 is 10.4. The molecule has 1 aromatic rings. The van der Waals surface area contributed by atoms with Gasteiger partial charge in [-0.2, -0.15) is 0 Å². The van der Waals surface area contributed by atoms with Gasteiger partial charge in [-0.1, -0.05) is 0 Å². The first-order valence-electron chi connectivity index (χ1n) is 3.77. The van der Waals surface area contributed by atoms with Gasteiger partial charge in [-0.25, -0.2) is 9.78 Å². The molecule has 76 valence electrons. The van der Waals surface area contributed by atoms with Gasteiger partial charge in [0.25, 0.3) is 5.88 Å². The number of rotatable bonds is 2. The van der Waals surface area contributed by atoms with Gasteiger partial charge in [0.1, 0.15) is 4.60 Å². The second-order valence-electron chi connectivity index (χ2n) is 2.28. The van der Waals surface area contributed by atoms with E-state index in [1.807, 2.05) is 0 Å². The number of carbonyl (C=O) groups excluding carboxylic acids is 1. The van der Waals surface area contributed by atoms with E-state index in [0.717, 1.165) is 0 Å². The maximum atomic E-state index is 10.9. The van der Waals surface area contributed by atoms with Crippen molar-refractivity contribution >= 4 is 22.0 Å². The summed E-state index contributed by atoms with van der Waals surface area (Å²) in [6, 6.07) is 3.24. The molecule has 0 bridgehead atoms. The van der Waals surface area contributed by atoms with Crippen LogP contribution in [0.3, 0.4) is 0 Å². The van der Waals surface area contributed by atoms with E-state index in [9.17, 15) is 4.79 Å². The molecule has 0 saturated heterocycles. The van der Waals surface area contributed by atoms with Gasteiger partial charge in [-0.3, -0.25) is 0 Å². The number of carbonyl (C=O) groups is 1. The fourth-order valence-electron chi connectivity index (χ4n) is 0.780. The van der Waals surface area contributed by atoms with Crippen LogP contribution in [0.4, 0.5) is 4.79 Å². The molecule has 0 spiro atoms. The van der Waals surface area contributed by atoms with Gasteiger partial charge in [0.05, 0.1) is 7.11 Å². The van der Waals surface area contributed by atoms with E-state index in [1.54, 1.807) is 12.1 Å². The number of amides is 1. The molecule has 0 aliphatic rings. The monoisotopic (exact) mass is 260 g/mol. The highest BCUT2D eigenvalue weighted by atomic mass is 79.9. The number of nitrogens with one attached hydrogen (secondary N) is 1. The minimum Gasteiger partial charge on any atom is -0.478 e. The average molecular weight is 261 g/mol. The Hall–Kier alpha value is -1.30. The zero-order valence-corrected chi connectivity index (χ0v) is 9.29. The summed E-state index contributed by atoms with van der Waals surface area (Å²) in [6.07, 6.45) is -0.563. The first-order valence-corrected chi connectivity index (χ1v) is 4.56. The lowest BCUT2D eigenvalue weighted by molar-refractivity contribution is 0.200. The lowest BCUT2D eigenvalue weighted by Crippen LogP contribution is -2.22. The Balaban J connectivity index is 2.90. The standard InChI is InChI=1S/C8H9BrN2O3/c1-10-8(12)14-5-3-4-6(9)11-7(5)13-2/h3-4H,1-2H3,(H,10,12). The van der Waals surface area contributed by atoms with Crippen molar-refractivity contribution in [3.8, 4) is 11.6 Å². The highest BCUT2D eigenvalue weighted by Gasteiger charge is 2.09. The number of nitrogens with zero attached hydrogens (tertiary/aromatic N) is 1. The topological polar surface area (TPSA) is 60.5 Å². The third-order valence-electron chi connectivity index (χ3n) is 1.39. The number of hydrogen-bond donors (Lipinski definition) is 1. The van der Waals surface area contributed by atoms with Crippen LogP contribution in [-0.2, 0) is 0 Å². The molecule has 1 heterocycles. The third kappa shape index (κ3) is 2.59. The van der Waals surface area contributed by atoms with Gasteiger partial charge in [-0.15, -0.1) is 0 Å². The van der Waals surface area contributed by atoms with Crippen LogP contribution in [0.5, 0.6) is 11.6 Å². The Morgan fingerprint density at radius 2 is 2.29 bits per heavy atom. The summed E-state index contributed by atoms with van der Waals surface area (Å²) in [4.78, 5) is 14.9. The molecule has 5 nitrogen and oxygen atoms in total. The van der Waals surface area contributed by atoms with Crippen molar-refractivity contribution in [1.29, 1.82) is 0 Å². The number of ether oxygens (including phenoxy) is 2. The number of hydrogen-bond acceptors (Lipinski definition) is 4. The number of methoxy groups -OCH3 is 1. The summed E-state index contributed by atoms with van der Waals surface area (Å²) in [5, 5.41) is 2.32. The molecule has 0 fully saturated rings. The van der Waals surface area contributed by atoms with Crippen LogP contribution in [0.2, 0.25) is 0 Å². The molecule has 0 aliphatic carbocycles. The fraction of sp³-hybridized carbons (Fsp3) is 0.250. The van der Waals surface area contributed by atoms with Crippen LogP contribution in [-0.4, -0.2) is 25.2 Å². The second-order valence-corrected chi connectivity index (χ2v) is 3.09. The molecule has 1 N–H and O–H groups in total. The van der Waals surface area contributed by atoms with Crippen LogP contribution >= 0.6 is 15.9 Å². The van der Waals surface area contributed by atoms with E-state index >= 15 is 0 Å². The summed E-state index contributed by atoms with van der Waals surface area (Å²) in [5.41, 5.74) is 0. The molecule has 6 heteroatoms. The van der Waals surface area contributed by atoms with Gasteiger partial charge >= 0.3 is 6.09 Å². The number of pyridine rings is 1. The second kappa shape index (κ2) is 4.80. The Morgan fingerprint density at radius 1 is 1.57 bits per heavy atom. The van der Waals surface area contributed by atoms with E-state index in [0.29, 0.717) is 4.60 Å². The van der Waals surface area contributed by atoms with Crippen molar-refractivity contribution < 1.29 is 14.3 Å². The lowest BCUT2D eigenvalue weighted by atomic mass is 10.4. The van der Waals surface area contributed by atoms with Crippen LogP contribution in [0.15, 0.2) is 16.7 Å². The highest BCUT2D eigenvalue weighted by Crippen LogP contribution is 2.26. The maximum Gasteiger partial charge on any atom is 0.412 e. The molecule has 0 radical (unpaired) electrons. The lowest BCUT2D eigenvalue weighted by Gasteiger charge is -2.07. The van der Waals surface area contributed by atoms with Crippen LogP contribution in [0.25, 0.3) is 0 Å². The van der Waals surface area contributed by atoms with Crippen molar-refractivity contribution in [2.24, 2.45) is 0 Å². The quantitative estimate of drug-likeness (QED) is 0.821. The van der Waals surface area contributed by atoms with E-state index in [1.165, 1.54) is 14.2 Å². The Morgan fingerprint density at radius 3 is 2.86 bits per heavy atom. The smallest absolute Gasteiger partial charge is 0.412 e. The van der Waals surface area contributed by atoms with Crippen LogP contribution in [0.1, 0.15) is 0 Å². The minimum atomic E-state index is -0.563. The maximum absolute atomic E-state index is 10.9. The zero-order chi connectivity index (χ0) is 10.6. The van der Waals surface area contributed by atoms with E-state index in [-0.39, 0.29) is 11.6 Å². The molecular formula is C8H9BrN2O3. The predicted molar refractivity (Wildman–Crippen MR) is 53.6 cm³/mol. The fourth-order valence-corrected chi connectivity index (χ4v) is 1.07. The van der Waals surface area contributed by atoms with Crippen molar-refractivity contribution in [3.05, 3.63) is 16.7 Å². The van der Waals surface area contributed by atoms with E-state index in [2.05, 4.69) is 26.2 Å². The summed E-state index contributed by atoms with van der Waals surface area (Å²) in [7, 11) is 2.92. The molecule has 1 amide bonds. The van der Waals surface area contributed by atoms with Crippen molar-refractivity contribution in [3.63, 3.8) is 0 Å². The Bertz CT molecular complexity index is 343. The number of aromatic nitrogens is 1. The van der Waals surface area contributed by atoms with Crippen molar-refractivity contribution in [1.82, 2.24) is 10.3 Å². The van der Waals surface area contributed by atoms with Crippen LogP contribution in [0, 0.1) is 0 Å². The summed E-state index contributed by atoms with van der Waals surface area (Å²) >= 11 is 3.17. The Kier molecular flexibility index (Phi) is 3.70.